The summed E-state index contributed by atoms with van der Waals surface area (Å²) in [5.74, 6) is 0.389. The predicted molar refractivity (Wildman–Crippen MR) is 107 cm³/mol. The van der Waals surface area contributed by atoms with E-state index in [0.717, 1.165) is 16.7 Å². The number of fused-ring (bicyclic) bond motifs is 3. The topological polar surface area (TPSA) is 89.5 Å². The fraction of sp³-hybridized carbons (Fsp3) is 0.391. The molecule has 0 amide bonds. The highest BCUT2D eigenvalue weighted by Crippen LogP contribution is 2.57. The molecule has 3 aliphatic rings. The molecule has 2 aromatic carbocycles. The molecule has 0 saturated carbocycles. The Hall–Kier alpha value is -3.42. The number of benzene rings is 2. The fourth-order valence-electron chi connectivity index (χ4n) is 5.02. The van der Waals surface area contributed by atoms with E-state index in [4.69, 9.17) is 28.4 Å². The van der Waals surface area contributed by atoms with Crippen molar-refractivity contribution in [3.63, 3.8) is 0 Å². The lowest BCUT2D eigenvalue weighted by Gasteiger charge is -2.38. The minimum absolute atomic E-state index is 0.134. The van der Waals surface area contributed by atoms with Gasteiger partial charge in [-0.3, -0.25) is 9.59 Å². The quantitative estimate of drug-likeness (QED) is 0.545. The van der Waals surface area contributed by atoms with E-state index in [-0.39, 0.29) is 6.79 Å². The Labute approximate surface area is 178 Å². The number of carbonyl (C=O) groups is 2. The molecule has 31 heavy (non-hydrogen) atoms. The second-order valence-corrected chi connectivity index (χ2v) is 8.12. The summed E-state index contributed by atoms with van der Waals surface area (Å²) in [6, 6.07) is 7.39. The standard InChI is InChI=1S/C23H22O8/c1-23-9-12-7-14-15(30-10-29-14)8-13(12)18(19(23)21(24)31-22(23)25)11-5-16(26-2)20(28-4)17(6-11)27-3/h5-8,18-19H,9-10H2,1-4H3/t18-,19+,23+/m1/s1. The fourth-order valence-corrected chi connectivity index (χ4v) is 5.02. The van der Waals surface area contributed by atoms with Crippen LogP contribution in [0.3, 0.4) is 0 Å². The largest absolute Gasteiger partial charge is 0.493 e. The van der Waals surface area contributed by atoms with E-state index in [1.165, 1.54) is 21.3 Å². The van der Waals surface area contributed by atoms with E-state index in [1.807, 2.05) is 24.3 Å². The molecule has 0 spiro atoms. The summed E-state index contributed by atoms with van der Waals surface area (Å²) >= 11 is 0. The van der Waals surface area contributed by atoms with Crippen LogP contribution in [0.1, 0.15) is 29.5 Å². The Kier molecular flexibility index (Phi) is 4.28. The zero-order valence-corrected chi connectivity index (χ0v) is 17.6. The van der Waals surface area contributed by atoms with Crippen LogP contribution < -0.4 is 23.7 Å². The Morgan fingerprint density at radius 1 is 0.935 bits per heavy atom. The highest BCUT2D eigenvalue weighted by atomic mass is 16.7. The van der Waals surface area contributed by atoms with Gasteiger partial charge in [0, 0.05) is 5.92 Å². The van der Waals surface area contributed by atoms with Crippen molar-refractivity contribution in [2.75, 3.05) is 28.1 Å². The van der Waals surface area contributed by atoms with Crippen LogP contribution in [0.2, 0.25) is 0 Å². The average Bonchev–Trinajstić information content (AvgIpc) is 3.30. The summed E-state index contributed by atoms with van der Waals surface area (Å²) in [5.41, 5.74) is 1.54. The summed E-state index contributed by atoms with van der Waals surface area (Å²) in [6.07, 6.45) is 0.370. The maximum atomic E-state index is 12.9. The average molecular weight is 426 g/mol. The summed E-state index contributed by atoms with van der Waals surface area (Å²) in [5, 5.41) is 0. The van der Waals surface area contributed by atoms with Gasteiger partial charge in [-0.1, -0.05) is 0 Å². The van der Waals surface area contributed by atoms with Crippen LogP contribution in [0.5, 0.6) is 28.7 Å². The van der Waals surface area contributed by atoms with E-state index in [9.17, 15) is 9.59 Å². The molecule has 1 saturated heterocycles. The van der Waals surface area contributed by atoms with Crippen molar-refractivity contribution in [1.82, 2.24) is 0 Å². The van der Waals surface area contributed by atoms with E-state index >= 15 is 0 Å². The van der Waals surface area contributed by atoms with Gasteiger partial charge in [0.1, 0.15) is 0 Å². The Bertz CT molecular complexity index is 1080. The molecule has 0 N–H and O–H groups in total. The molecular weight excluding hydrogens is 404 g/mol. The molecule has 1 aliphatic carbocycles. The van der Waals surface area contributed by atoms with Gasteiger partial charge in [0.05, 0.1) is 32.7 Å². The van der Waals surface area contributed by atoms with Crippen molar-refractivity contribution < 1.29 is 38.0 Å². The first-order valence-corrected chi connectivity index (χ1v) is 9.89. The van der Waals surface area contributed by atoms with Gasteiger partial charge in [0.15, 0.2) is 23.0 Å². The molecule has 0 unspecified atom stereocenters. The predicted octanol–water partition coefficient (Wildman–Crippen LogP) is 2.83. The van der Waals surface area contributed by atoms with Gasteiger partial charge in [-0.2, -0.15) is 0 Å². The first-order valence-electron chi connectivity index (χ1n) is 9.89. The van der Waals surface area contributed by atoms with Crippen molar-refractivity contribution >= 4 is 11.9 Å². The molecule has 2 aliphatic heterocycles. The molecule has 162 valence electrons. The Morgan fingerprint density at radius 3 is 2.19 bits per heavy atom. The maximum Gasteiger partial charge on any atom is 0.320 e. The first-order chi connectivity index (χ1) is 14.9. The lowest BCUT2D eigenvalue weighted by molar-refractivity contribution is -0.155. The van der Waals surface area contributed by atoms with Crippen LogP contribution in [0, 0.1) is 11.3 Å². The molecule has 1 fully saturated rings. The second-order valence-electron chi connectivity index (χ2n) is 8.12. The van der Waals surface area contributed by atoms with Crippen LogP contribution in [-0.2, 0) is 20.7 Å². The smallest absolute Gasteiger partial charge is 0.320 e. The zero-order valence-electron chi connectivity index (χ0n) is 17.6. The third-order valence-electron chi connectivity index (χ3n) is 6.51. The van der Waals surface area contributed by atoms with Gasteiger partial charge in [-0.25, -0.2) is 0 Å². The molecule has 3 atom stereocenters. The van der Waals surface area contributed by atoms with Gasteiger partial charge >= 0.3 is 11.9 Å². The normalized spacial score (nSPS) is 25.5. The van der Waals surface area contributed by atoms with Crippen molar-refractivity contribution in [2.24, 2.45) is 11.3 Å². The molecule has 5 rings (SSSR count). The number of cyclic esters (lactones) is 2. The zero-order chi connectivity index (χ0) is 21.9. The van der Waals surface area contributed by atoms with Crippen LogP contribution in [0.25, 0.3) is 0 Å². The van der Waals surface area contributed by atoms with Crippen molar-refractivity contribution in [3.8, 4) is 28.7 Å². The number of ether oxygens (including phenoxy) is 6. The van der Waals surface area contributed by atoms with E-state index in [2.05, 4.69) is 0 Å². The summed E-state index contributed by atoms with van der Waals surface area (Å²) in [7, 11) is 4.59. The molecule has 0 radical (unpaired) electrons. The molecule has 0 bridgehead atoms. The lowest BCUT2D eigenvalue weighted by atomic mass is 9.60. The lowest BCUT2D eigenvalue weighted by Crippen LogP contribution is -2.41. The van der Waals surface area contributed by atoms with E-state index < -0.39 is 29.2 Å². The number of hydrogen-bond acceptors (Lipinski definition) is 8. The van der Waals surface area contributed by atoms with E-state index in [0.29, 0.717) is 35.2 Å². The highest BCUT2D eigenvalue weighted by Gasteiger charge is 2.60. The molecule has 8 heteroatoms. The van der Waals surface area contributed by atoms with Crippen molar-refractivity contribution in [1.29, 1.82) is 0 Å². The minimum Gasteiger partial charge on any atom is -0.493 e. The first kappa shape index (κ1) is 19.5. The highest BCUT2D eigenvalue weighted by molar-refractivity contribution is 6.00. The van der Waals surface area contributed by atoms with Crippen LogP contribution in [0.15, 0.2) is 24.3 Å². The summed E-state index contributed by atoms with van der Waals surface area (Å²) < 4.78 is 32.7. The van der Waals surface area contributed by atoms with Gasteiger partial charge in [0.25, 0.3) is 0 Å². The number of rotatable bonds is 4. The molecule has 8 nitrogen and oxygen atoms in total. The number of esters is 2. The maximum absolute atomic E-state index is 12.9. The monoisotopic (exact) mass is 426 g/mol. The molecular formula is C23H22O8. The van der Waals surface area contributed by atoms with Gasteiger partial charge < -0.3 is 28.4 Å². The third-order valence-corrected chi connectivity index (χ3v) is 6.51. The second kappa shape index (κ2) is 6.80. The Balaban J connectivity index is 1.77. The van der Waals surface area contributed by atoms with Gasteiger partial charge in [-0.15, -0.1) is 0 Å². The van der Waals surface area contributed by atoms with Crippen LogP contribution in [0.4, 0.5) is 0 Å². The number of hydrogen-bond donors (Lipinski definition) is 0. The summed E-state index contributed by atoms with van der Waals surface area (Å²) in [6.45, 7) is 1.91. The minimum atomic E-state index is -0.997. The van der Waals surface area contributed by atoms with Crippen molar-refractivity contribution in [2.45, 2.75) is 19.3 Å². The van der Waals surface area contributed by atoms with Crippen molar-refractivity contribution in [3.05, 3.63) is 41.0 Å². The molecule has 2 aromatic rings. The van der Waals surface area contributed by atoms with Gasteiger partial charge in [0.2, 0.25) is 12.5 Å². The van der Waals surface area contributed by atoms with E-state index in [1.54, 1.807) is 6.92 Å². The number of carbonyl (C=O) groups excluding carboxylic acids is 2. The Morgan fingerprint density at radius 2 is 1.58 bits per heavy atom. The van der Waals surface area contributed by atoms with Crippen LogP contribution >= 0.6 is 0 Å². The number of methoxy groups -OCH3 is 3. The molecule has 0 aromatic heterocycles. The van der Waals surface area contributed by atoms with Gasteiger partial charge in [-0.05, 0) is 54.3 Å². The SMILES string of the molecule is COc1cc([C@@H]2c3cc4c(cc3C[C@]3(C)C(=O)OC(=O)[C@H]23)OCO4)cc(OC)c1OC. The third kappa shape index (κ3) is 2.67. The molecule has 2 heterocycles. The summed E-state index contributed by atoms with van der Waals surface area (Å²) in [4.78, 5) is 25.6. The van der Waals surface area contributed by atoms with Crippen LogP contribution in [-0.4, -0.2) is 40.1 Å².